The summed E-state index contributed by atoms with van der Waals surface area (Å²) in [7, 11) is 0. The van der Waals surface area contributed by atoms with Gasteiger partial charge in [0.15, 0.2) is 5.78 Å². The van der Waals surface area contributed by atoms with Crippen molar-refractivity contribution >= 4 is 21.7 Å². The van der Waals surface area contributed by atoms with Crippen LogP contribution in [0.3, 0.4) is 0 Å². The molecule has 2 rings (SSSR count). The molecule has 0 spiro atoms. The Balaban J connectivity index is 2.21. The molecule has 1 aliphatic carbocycles. The lowest BCUT2D eigenvalue weighted by atomic mass is 9.80. The van der Waals surface area contributed by atoms with Crippen LogP contribution in [0.4, 0.5) is 0 Å². The van der Waals surface area contributed by atoms with E-state index in [4.69, 9.17) is 0 Å². The quantitative estimate of drug-likeness (QED) is 0.839. The Morgan fingerprint density at radius 1 is 1.28 bits per heavy atom. The second-order valence-electron chi connectivity index (χ2n) is 4.82. The fourth-order valence-electron chi connectivity index (χ4n) is 2.62. The molecule has 1 aromatic carbocycles. The lowest BCUT2D eigenvalue weighted by molar-refractivity contribution is -0.124. The molecule has 0 bridgehead atoms. The minimum Gasteiger partial charge on any atom is -0.298 e. The number of rotatable bonds is 3. The predicted octanol–water partition coefficient (Wildman–Crippen LogP) is 4.21. The lowest BCUT2D eigenvalue weighted by Gasteiger charge is -2.22. The largest absolute Gasteiger partial charge is 0.298 e. The number of ketones is 1. The topological polar surface area (TPSA) is 40.9 Å². The Hall–Kier alpha value is -1.14. The molecule has 1 aliphatic rings. The molecule has 1 saturated carbocycles. The molecule has 3 heteroatoms. The van der Waals surface area contributed by atoms with Crippen LogP contribution < -0.4 is 0 Å². The van der Waals surface area contributed by atoms with Crippen LogP contribution in [0.15, 0.2) is 28.7 Å². The standard InChI is InChI=1S/C15H16BrNO/c16-14-9-5-4-8-12(14)13(10-17)15(18)11-6-2-1-3-7-11/h4-5,8-9,11,13H,1-3,6-7H2. The fourth-order valence-corrected chi connectivity index (χ4v) is 3.13. The first-order chi connectivity index (χ1) is 8.74. The summed E-state index contributed by atoms with van der Waals surface area (Å²) >= 11 is 3.43. The van der Waals surface area contributed by atoms with Gasteiger partial charge in [-0.15, -0.1) is 0 Å². The Bertz CT molecular complexity index is 472. The molecule has 0 saturated heterocycles. The van der Waals surface area contributed by atoms with Gasteiger partial charge < -0.3 is 0 Å². The summed E-state index contributed by atoms with van der Waals surface area (Å²) in [6.07, 6.45) is 5.34. The maximum atomic E-state index is 12.4. The highest BCUT2D eigenvalue weighted by atomic mass is 79.9. The van der Waals surface area contributed by atoms with Crippen molar-refractivity contribution in [2.45, 2.75) is 38.0 Å². The van der Waals surface area contributed by atoms with Crippen LogP contribution in [0.5, 0.6) is 0 Å². The summed E-state index contributed by atoms with van der Waals surface area (Å²) in [4.78, 5) is 12.4. The number of hydrogen-bond acceptors (Lipinski definition) is 2. The van der Waals surface area contributed by atoms with Crippen molar-refractivity contribution in [3.63, 3.8) is 0 Å². The van der Waals surface area contributed by atoms with E-state index in [9.17, 15) is 10.1 Å². The molecule has 94 valence electrons. The Kier molecular flexibility index (Phi) is 4.54. The van der Waals surface area contributed by atoms with E-state index in [0.717, 1.165) is 35.7 Å². The Morgan fingerprint density at radius 3 is 2.56 bits per heavy atom. The normalized spacial score (nSPS) is 18.0. The monoisotopic (exact) mass is 305 g/mol. The number of Topliss-reactive ketones (excluding diaryl/α,β-unsaturated/α-hetero) is 1. The highest BCUT2D eigenvalue weighted by Gasteiger charge is 2.30. The van der Waals surface area contributed by atoms with E-state index in [1.165, 1.54) is 6.42 Å². The molecular weight excluding hydrogens is 290 g/mol. The van der Waals surface area contributed by atoms with E-state index < -0.39 is 5.92 Å². The molecule has 0 aliphatic heterocycles. The number of halogens is 1. The van der Waals surface area contributed by atoms with Gasteiger partial charge in [0.1, 0.15) is 5.92 Å². The predicted molar refractivity (Wildman–Crippen MR) is 74.1 cm³/mol. The van der Waals surface area contributed by atoms with Gasteiger partial charge in [-0.2, -0.15) is 5.26 Å². The minimum atomic E-state index is -0.622. The number of benzene rings is 1. The van der Waals surface area contributed by atoms with Gasteiger partial charge in [0.2, 0.25) is 0 Å². The van der Waals surface area contributed by atoms with E-state index in [-0.39, 0.29) is 11.7 Å². The van der Waals surface area contributed by atoms with E-state index in [1.54, 1.807) is 0 Å². The summed E-state index contributed by atoms with van der Waals surface area (Å²) in [5.41, 5.74) is 0.801. The van der Waals surface area contributed by atoms with Crippen molar-refractivity contribution in [1.29, 1.82) is 5.26 Å². The molecule has 0 aromatic heterocycles. The average Bonchev–Trinajstić information content (AvgIpc) is 2.42. The number of hydrogen-bond donors (Lipinski definition) is 0. The molecule has 0 heterocycles. The Labute approximate surface area is 116 Å². The van der Waals surface area contributed by atoms with Crippen LogP contribution in [-0.2, 0) is 4.79 Å². The second kappa shape index (κ2) is 6.15. The van der Waals surface area contributed by atoms with Crippen molar-refractivity contribution in [2.75, 3.05) is 0 Å². The van der Waals surface area contributed by atoms with Gasteiger partial charge in [0.05, 0.1) is 6.07 Å². The van der Waals surface area contributed by atoms with E-state index in [2.05, 4.69) is 22.0 Å². The van der Waals surface area contributed by atoms with Crippen molar-refractivity contribution in [3.8, 4) is 6.07 Å². The molecule has 0 amide bonds. The van der Waals surface area contributed by atoms with E-state index in [1.807, 2.05) is 24.3 Å². The average molecular weight is 306 g/mol. The van der Waals surface area contributed by atoms with Gasteiger partial charge in [-0.05, 0) is 24.5 Å². The first-order valence-electron chi connectivity index (χ1n) is 6.42. The molecular formula is C15H16BrNO. The summed E-state index contributed by atoms with van der Waals surface area (Å²) in [5.74, 6) is -0.441. The van der Waals surface area contributed by atoms with Gasteiger partial charge >= 0.3 is 0 Å². The maximum Gasteiger partial charge on any atom is 0.157 e. The second-order valence-corrected chi connectivity index (χ2v) is 5.68. The van der Waals surface area contributed by atoms with Crippen LogP contribution in [0.2, 0.25) is 0 Å². The number of nitrogens with zero attached hydrogens (tertiary/aromatic N) is 1. The highest BCUT2D eigenvalue weighted by Crippen LogP contribution is 2.32. The van der Waals surface area contributed by atoms with Gasteiger partial charge in [-0.25, -0.2) is 0 Å². The van der Waals surface area contributed by atoms with Gasteiger partial charge in [0, 0.05) is 10.4 Å². The molecule has 0 N–H and O–H groups in total. The maximum absolute atomic E-state index is 12.4. The van der Waals surface area contributed by atoms with Crippen LogP contribution in [-0.4, -0.2) is 5.78 Å². The summed E-state index contributed by atoms with van der Waals surface area (Å²) in [5, 5.41) is 9.31. The molecule has 18 heavy (non-hydrogen) atoms. The summed E-state index contributed by atoms with van der Waals surface area (Å²) in [6.45, 7) is 0. The number of carbonyl (C=O) groups excluding carboxylic acids is 1. The molecule has 1 unspecified atom stereocenters. The highest BCUT2D eigenvalue weighted by molar-refractivity contribution is 9.10. The molecule has 1 atom stereocenters. The van der Waals surface area contributed by atoms with Gasteiger partial charge in [-0.3, -0.25) is 4.79 Å². The smallest absolute Gasteiger partial charge is 0.157 e. The number of carbonyl (C=O) groups is 1. The van der Waals surface area contributed by atoms with Crippen molar-refractivity contribution < 1.29 is 4.79 Å². The minimum absolute atomic E-state index is 0.0792. The third-order valence-electron chi connectivity index (χ3n) is 3.64. The first kappa shape index (κ1) is 13.3. The van der Waals surface area contributed by atoms with Gasteiger partial charge in [-0.1, -0.05) is 53.4 Å². The molecule has 0 radical (unpaired) electrons. The van der Waals surface area contributed by atoms with Crippen LogP contribution in [0.25, 0.3) is 0 Å². The van der Waals surface area contributed by atoms with Crippen LogP contribution in [0.1, 0.15) is 43.6 Å². The SMILES string of the molecule is N#CC(C(=O)C1CCCCC1)c1ccccc1Br. The van der Waals surface area contributed by atoms with Crippen LogP contribution >= 0.6 is 15.9 Å². The fraction of sp³-hybridized carbons (Fsp3) is 0.467. The zero-order valence-electron chi connectivity index (χ0n) is 10.2. The number of nitriles is 1. The third-order valence-corrected chi connectivity index (χ3v) is 4.36. The van der Waals surface area contributed by atoms with Gasteiger partial charge in [0.25, 0.3) is 0 Å². The molecule has 1 fully saturated rings. The van der Waals surface area contributed by atoms with Crippen molar-refractivity contribution in [3.05, 3.63) is 34.3 Å². The molecule has 2 nitrogen and oxygen atoms in total. The zero-order chi connectivity index (χ0) is 13.0. The molecule has 1 aromatic rings. The summed E-state index contributed by atoms with van der Waals surface area (Å²) in [6, 6.07) is 9.69. The summed E-state index contributed by atoms with van der Waals surface area (Å²) < 4.78 is 0.848. The van der Waals surface area contributed by atoms with E-state index >= 15 is 0 Å². The van der Waals surface area contributed by atoms with Crippen molar-refractivity contribution in [1.82, 2.24) is 0 Å². The zero-order valence-corrected chi connectivity index (χ0v) is 11.8. The first-order valence-corrected chi connectivity index (χ1v) is 7.21. The lowest BCUT2D eigenvalue weighted by Crippen LogP contribution is -2.23. The van der Waals surface area contributed by atoms with Crippen molar-refractivity contribution in [2.24, 2.45) is 5.92 Å². The Morgan fingerprint density at radius 2 is 1.94 bits per heavy atom. The van der Waals surface area contributed by atoms with E-state index in [0.29, 0.717) is 0 Å². The third kappa shape index (κ3) is 2.81. The van der Waals surface area contributed by atoms with Crippen LogP contribution in [0, 0.1) is 17.2 Å².